The zero-order chi connectivity index (χ0) is 20.0. The Balaban J connectivity index is 1.79. The Hall–Kier alpha value is -3.32. The van der Waals surface area contributed by atoms with Crippen LogP contribution < -0.4 is 4.74 Å². The van der Waals surface area contributed by atoms with Gasteiger partial charge in [-0.15, -0.1) is 0 Å². The molecule has 0 N–H and O–H groups in total. The number of rotatable bonds is 2. The summed E-state index contributed by atoms with van der Waals surface area (Å²) in [4.78, 5) is 0. The second-order valence-corrected chi connectivity index (χ2v) is 8.06. The van der Waals surface area contributed by atoms with Gasteiger partial charge < -0.3 is 4.74 Å². The van der Waals surface area contributed by atoms with E-state index >= 15 is 0 Å². The highest BCUT2D eigenvalue weighted by atomic mass is 16.5. The summed E-state index contributed by atoms with van der Waals surface area (Å²) in [5, 5.41) is 2.36. The van der Waals surface area contributed by atoms with E-state index in [-0.39, 0.29) is 0 Å². The summed E-state index contributed by atoms with van der Waals surface area (Å²) in [5.74, 6) is 0.962. The molecule has 1 heteroatoms. The van der Waals surface area contributed by atoms with Crippen LogP contribution in [0.4, 0.5) is 0 Å². The number of benzene rings is 4. The van der Waals surface area contributed by atoms with Gasteiger partial charge >= 0.3 is 0 Å². The predicted octanol–water partition coefficient (Wildman–Crippen LogP) is 7.11. The lowest BCUT2D eigenvalue weighted by atomic mass is 9.82. The van der Waals surface area contributed by atoms with Crippen molar-refractivity contribution in [2.75, 3.05) is 0 Å². The van der Waals surface area contributed by atoms with Crippen molar-refractivity contribution in [2.45, 2.75) is 26.4 Å². The van der Waals surface area contributed by atoms with Crippen LogP contribution in [0.25, 0.3) is 16.8 Å². The lowest BCUT2D eigenvalue weighted by Crippen LogP contribution is -2.34. The van der Waals surface area contributed by atoms with Gasteiger partial charge in [0.25, 0.3) is 0 Å². The molecule has 0 amide bonds. The Morgan fingerprint density at radius 1 is 0.690 bits per heavy atom. The van der Waals surface area contributed by atoms with Crippen LogP contribution in [-0.4, -0.2) is 0 Å². The lowest BCUT2D eigenvalue weighted by Gasteiger charge is -2.37. The fraction of sp³-hybridized carbons (Fsp3) is 0.143. The van der Waals surface area contributed by atoms with Crippen molar-refractivity contribution < 1.29 is 4.74 Å². The molecule has 0 unspecified atom stereocenters. The Kier molecular flexibility index (Phi) is 4.06. The summed E-state index contributed by atoms with van der Waals surface area (Å²) in [7, 11) is 0. The van der Waals surface area contributed by atoms with Crippen molar-refractivity contribution in [1.29, 1.82) is 0 Å². The average Bonchev–Trinajstić information content (AvgIpc) is 2.74. The van der Waals surface area contributed by atoms with Gasteiger partial charge in [0.15, 0.2) is 5.60 Å². The number of fused-ring (bicyclic) bond motifs is 3. The van der Waals surface area contributed by atoms with Crippen molar-refractivity contribution in [3.8, 4) is 5.75 Å². The van der Waals surface area contributed by atoms with Gasteiger partial charge in [0, 0.05) is 22.1 Å². The van der Waals surface area contributed by atoms with Crippen LogP contribution in [-0.2, 0) is 5.60 Å². The van der Waals surface area contributed by atoms with E-state index in [2.05, 4.69) is 112 Å². The lowest BCUT2D eigenvalue weighted by molar-refractivity contribution is 0.163. The molecule has 0 bridgehead atoms. The zero-order valence-electron chi connectivity index (χ0n) is 17.1. The first-order valence-electron chi connectivity index (χ1n) is 10.1. The topological polar surface area (TPSA) is 9.23 Å². The molecule has 0 saturated carbocycles. The van der Waals surface area contributed by atoms with Gasteiger partial charge in [0.2, 0.25) is 0 Å². The molecule has 1 heterocycles. The monoisotopic (exact) mass is 376 g/mol. The molecule has 0 saturated heterocycles. The smallest absolute Gasteiger partial charge is 0.178 e. The highest BCUT2D eigenvalue weighted by Gasteiger charge is 2.37. The summed E-state index contributed by atoms with van der Waals surface area (Å²) in [6.45, 7) is 6.39. The van der Waals surface area contributed by atoms with Gasteiger partial charge in [-0.2, -0.15) is 0 Å². The largest absolute Gasteiger partial charge is 0.472 e. The van der Waals surface area contributed by atoms with Crippen LogP contribution in [0, 0.1) is 20.8 Å². The van der Waals surface area contributed by atoms with Crippen LogP contribution >= 0.6 is 0 Å². The molecule has 0 fully saturated rings. The molecule has 1 nitrogen and oxygen atoms in total. The van der Waals surface area contributed by atoms with Gasteiger partial charge in [-0.1, -0.05) is 96.1 Å². The van der Waals surface area contributed by atoms with E-state index in [9.17, 15) is 0 Å². The van der Waals surface area contributed by atoms with Crippen molar-refractivity contribution >= 4 is 16.8 Å². The Bertz CT molecular complexity index is 1180. The molecule has 1 aliphatic heterocycles. The predicted molar refractivity (Wildman–Crippen MR) is 121 cm³/mol. The minimum Gasteiger partial charge on any atom is -0.472 e. The molecule has 29 heavy (non-hydrogen) atoms. The van der Waals surface area contributed by atoms with E-state index in [4.69, 9.17) is 4.74 Å². The second kappa shape index (κ2) is 6.63. The maximum Gasteiger partial charge on any atom is 0.178 e. The molecular weight excluding hydrogens is 352 g/mol. The van der Waals surface area contributed by atoms with Crippen LogP contribution in [0.3, 0.4) is 0 Å². The third kappa shape index (κ3) is 2.86. The number of hydrogen-bond acceptors (Lipinski definition) is 1. The number of aryl methyl sites for hydroxylation is 3. The highest BCUT2D eigenvalue weighted by molar-refractivity contribution is 5.94. The fourth-order valence-electron chi connectivity index (χ4n) is 4.26. The fourth-order valence-corrected chi connectivity index (χ4v) is 4.26. The maximum atomic E-state index is 6.98. The summed E-state index contributed by atoms with van der Waals surface area (Å²) in [6.07, 6.45) is 4.45. The molecule has 1 aliphatic rings. The van der Waals surface area contributed by atoms with Crippen LogP contribution in [0.2, 0.25) is 0 Å². The van der Waals surface area contributed by atoms with Crippen molar-refractivity contribution in [2.24, 2.45) is 0 Å². The van der Waals surface area contributed by atoms with E-state index in [0.29, 0.717) is 0 Å². The standard InChI is InChI=1S/C28H24O/c1-19-8-12-23(13-9-19)28(24-14-10-20(2)11-15-24)17-16-25-21(3)18-22-6-4-5-7-26(22)27(25)29-28/h4-18H,1-3H3. The van der Waals surface area contributed by atoms with Crippen LogP contribution in [0.15, 0.2) is 84.9 Å². The first-order chi connectivity index (χ1) is 14.1. The van der Waals surface area contributed by atoms with Crippen LogP contribution in [0.1, 0.15) is 33.4 Å². The Labute approximate surface area is 172 Å². The SMILES string of the molecule is Cc1ccc(C2(c3ccc(C)cc3)C=Cc3c(C)cc4ccccc4c3O2)cc1. The van der Waals surface area contributed by atoms with Gasteiger partial charge in [-0.3, -0.25) is 0 Å². The summed E-state index contributed by atoms with van der Waals surface area (Å²) >= 11 is 0. The average molecular weight is 376 g/mol. The quantitative estimate of drug-likeness (QED) is 0.362. The third-order valence-corrected chi connectivity index (χ3v) is 5.96. The summed E-state index contributed by atoms with van der Waals surface area (Å²) < 4.78 is 6.98. The third-order valence-electron chi connectivity index (χ3n) is 5.96. The Morgan fingerprint density at radius 3 is 1.90 bits per heavy atom. The molecule has 5 rings (SSSR count). The maximum absolute atomic E-state index is 6.98. The normalized spacial score (nSPS) is 14.4. The molecule has 0 radical (unpaired) electrons. The summed E-state index contributed by atoms with van der Waals surface area (Å²) in [5.41, 5.74) is 6.52. The van der Waals surface area contributed by atoms with Crippen molar-refractivity contribution in [3.63, 3.8) is 0 Å². The first-order valence-corrected chi connectivity index (χ1v) is 10.1. The zero-order valence-corrected chi connectivity index (χ0v) is 17.1. The van der Waals surface area contributed by atoms with E-state index in [0.717, 1.165) is 22.3 Å². The second-order valence-electron chi connectivity index (χ2n) is 8.06. The molecular formula is C28H24O. The summed E-state index contributed by atoms with van der Waals surface area (Å²) in [6, 6.07) is 28.1. The molecule has 0 spiro atoms. The molecule has 0 atom stereocenters. The van der Waals surface area contributed by atoms with Crippen molar-refractivity contribution in [1.82, 2.24) is 0 Å². The first kappa shape index (κ1) is 17.8. The van der Waals surface area contributed by atoms with E-state index in [1.165, 1.54) is 27.6 Å². The minimum absolute atomic E-state index is 0.648. The van der Waals surface area contributed by atoms with Crippen molar-refractivity contribution in [3.05, 3.63) is 118 Å². The molecule has 0 aliphatic carbocycles. The molecule has 0 aromatic heterocycles. The van der Waals surface area contributed by atoms with Gasteiger partial charge in [0.1, 0.15) is 5.75 Å². The minimum atomic E-state index is -0.648. The molecule has 4 aromatic rings. The Morgan fingerprint density at radius 2 is 1.28 bits per heavy atom. The van der Waals surface area contributed by atoms with Crippen LogP contribution in [0.5, 0.6) is 5.75 Å². The number of ether oxygens (including phenoxy) is 1. The van der Waals surface area contributed by atoms with Gasteiger partial charge in [0.05, 0.1) is 0 Å². The number of hydrogen-bond donors (Lipinski definition) is 0. The molecule has 4 aromatic carbocycles. The van der Waals surface area contributed by atoms with E-state index in [1.807, 2.05) is 0 Å². The molecule has 142 valence electrons. The highest BCUT2D eigenvalue weighted by Crippen LogP contribution is 2.46. The van der Waals surface area contributed by atoms with E-state index in [1.54, 1.807) is 0 Å². The van der Waals surface area contributed by atoms with Gasteiger partial charge in [-0.05, 0) is 37.8 Å². The van der Waals surface area contributed by atoms with E-state index < -0.39 is 5.60 Å². The van der Waals surface area contributed by atoms with Gasteiger partial charge in [-0.25, -0.2) is 0 Å².